The minimum atomic E-state index is -3.86. The molecule has 2 N–H and O–H groups in total. The molecule has 3 aliphatic rings. The topological polar surface area (TPSA) is 119 Å². The van der Waals surface area contributed by atoms with Crippen molar-refractivity contribution in [2.45, 2.75) is 64.0 Å². The van der Waals surface area contributed by atoms with E-state index in [9.17, 15) is 36.3 Å². The van der Waals surface area contributed by atoms with E-state index < -0.39 is 44.9 Å². The van der Waals surface area contributed by atoms with Crippen LogP contribution in [0.1, 0.15) is 77.2 Å². The number of aliphatic hydroxyl groups is 1. The van der Waals surface area contributed by atoms with Gasteiger partial charge in [-0.05, 0) is 93.5 Å². The highest BCUT2D eigenvalue weighted by Gasteiger charge is 2.47. The van der Waals surface area contributed by atoms with Gasteiger partial charge in [0.2, 0.25) is 10.0 Å². The van der Waals surface area contributed by atoms with E-state index in [1.807, 2.05) is 13.8 Å². The van der Waals surface area contributed by atoms with E-state index in [-0.39, 0.29) is 43.2 Å². The van der Waals surface area contributed by atoms with Crippen molar-refractivity contribution in [3.05, 3.63) is 74.9 Å². The number of amidine groups is 1. The summed E-state index contributed by atoms with van der Waals surface area (Å²) in [4.78, 5) is 32.1. The van der Waals surface area contributed by atoms with Crippen molar-refractivity contribution in [3.63, 3.8) is 0 Å². The molecule has 2 amide bonds. The molecule has 0 unspecified atom stereocenters. The Hall–Kier alpha value is -3.55. The number of hydrogen-bond acceptors (Lipinski definition) is 6. The lowest BCUT2D eigenvalue weighted by Crippen LogP contribution is -2.50. The minimum Gasteiger partial charge on any atom is -0.390 e. The molecule has 0 saturated carbocycles. The number of aryl methyl sites for hydroxylation is 2. The molecule has 5 rings (SSSR count). The molecule has 0 aliphatic carbocycles. The molecule has 0 aromatic heterocycles. The third kappa shape index (κ3) is 6.31. The Morgan fingerprint density at radius 1 is 1.05 bits per heavy atom. The van der Waals surface area contributed by atoms with E-state index in [2.05, 4.69) is 10.3 Å². The molecule has 3 heterocycles. The number of amides is 2. The van der Waals surface area contributed by atoms with Crippen LogP contribution in [0.25, 0.3) is 6.08 Å². The summed E-state index contributed by atoms with van der Waals surface area (Å²) >= 11 is 0. The second kappa shape index (κ2) is 11.8. The summed E-state index contributed by atoms with van der Waals surface area (Å²) in [6, 6.07) is 6.58. The molecule has 3 aliphatic heterocycles. The average Bonchev–Trinajstić information content (AvgIpc) is 3.27. The lowest BCUT2D eigenvalue weighted by atomic mass is 9.89. The lowest BCUT2D eigenvalue weighted by molar-refractivity contribution is -0.124. The van der Waals surface area contributed by atoms with Gasteiger partial charge in [0.1, 0.15) is 17.2 Å². The number of likely N-dealkylation sites (tertiary alicyclic amines) is 1. The van der Waals surface area contributed by atoms with E-state index in [0.29, 0.717) is 37.1 Å². The van der Waals surface area contributed by atoms with Crippen LogP contribution >= 0.6 is 0 Å². The first-order chi connectivity index (χ1) is 20.6. The molecule has 0 radical (unpaired) electrons. The van der Waals surface area contributed by atoms with Crippen LogP contribution in [0, 0.1) is 19.7 Å². The summed E-state index contributed by atoms with van der Waals surface area (Å²) in [5.41, 5.74) is 0.0575. The molecule has 2 aromatic rings. The molecule has 44 heavy (non-hydrogen) atoms. The molecule has 2 saturated heterocycles. The van der Waals surface area contributed by atoms with Crippen LogP contribution in [0.4, 0.5) is 13.2 Å². The molecular weight excluding hydrogens is 597 g/mol. The second-order valence-corrected chi connectivity index (χ2v) is 13.9. The summed E-state index contributed by atoms with van der Waals surface area (Å²) in [6.45, 7) is 6.34. The van der Waals surface area contributed by atoms with Crippen LogP contribution in [0.2, 0.25) is 0 Å². The first-order valence-electron chi connectivity index (χ1n) is 14.4. The van der Waals surface area contributed by atoms with Gasteiger partial charge in [-0.25, -0.2) is 21.6 Å². The Balaban J connectivity index is 1.26. The number of hydrogen-bond donors (Lipinski definition) is 2. The Bertz CT molecular complexity index is 1630. The normalized spacial score (nSPS) is 20.4. The van der Waals surface area contributed by atoms with E-state index in [4.69, 9.17) is 0 Å². The van der Waals surface area contributed by atoms with Gasteiger partial charge < -0.3 is 15.3 Å². The number of sulfonamides is 1. The first kappa shape index (κ1) is 31.9. The quantitative estimate of drug-likeness (QED) is 0.498. The summed E-state index contributed by atoms with van der Waals surface area (Å²) < 4.78 is 67.7. The number of nitrogens with zero attached hydrogens (tertiary/aromatic N) is 3. The zero-order valence-corrected chi connectivity index (χ0v) is 25.6. The number of benzene rings is 2. The van der Waals surface area contributed by atoms with Gasteiger partial charge in [-0.1, -0.05) is 6.07 Å². The number of carbonyl (C=O) groups excluding carboxylic acids is 2. The summed E-state index contributed by atoms with van der Waals surface area (Å²) in [7, 11) is -3.86. The molecule has 2 aromatic carbocycles. The molecule has 2 fully saturated rings. The molecule has 1 spiro atoms. The number of piperidine rings is 2. The first-order valence-corrected chi connectivity index (χ1v) is 15.9. The number of carbonyl (C=O) groups is 2. The van der Waals surface area contributed by atoms with Crippen molar-refractivity contribution in [2.75, 3.05) is 26.2 Å². The minimum absolute atomic E-state index is 0.0175. The van der Waals surface area contributed by atoms with Crippen LogP contribution in [0.15, 0.2) is 40.7 Å². The predicted octanol–water partition coefficient (Wildman–Crippen LogP) is 4.08. The third-order valence-corrected chi connectivity index (χ3v) is 10.3. The molecule has 9 nitrogen and oxygen atoms in total. The Labute approximate surface area is 254 Å². The van der Waals surface area contributed by atoms with Gasteiger partial charge in [-0.3, -0.25) is 14.6 Å². The van der Waals surface area contributed by atoms with Crippen LogP contribution in [-0.2, 0) is 14.8 Å². The molecule has 0 atom stereocenters. The fourth-order valence-corrected chi connectivity index (χ4v) is 7.10. The van der Waals surface area contributed by atoms with Gasteiger partial charge in [0.05, 0.1) is 11.2 Å². The molecular formula is C31H35F3N4O5S. The fraction of sp³-hybridized carbons (Fsp3) is 0.452. The van der Waals surface area contributed by atoms with Crippen LogP contribution in [-0.4, -0.2) is 77.7 Å². The van der Waals surface area contributed by atoms with Crippen molar-refractivity contribution < 1.29 is 36.3 Å². The second-order valence-electron chi connectivity index (χ2n) is 12.0. The number of halogens is 3. The zero-order chi connectivity index (χ0) is 32.0. The van der Waals surface area contributed by atoms with Crippen LogP contribution in [0.3, 0.4) is 0 Å². The SMILES string of the molecule is Cc1cc(C(=O)N2CCC(C)(O)CC2)cc(C)c1/C=C/S(=O)(=O)N1CCC2(CC1)N=C(c1ccc(C(F)F)c(F)c1)NC2=O. The molecule has 13 heteroatoms. The number of rotatable bonds is 6. The van der Waals surface area contributed by atoms with Gasteiger partial charge in [-0.15, -0.1) is 0 Å². The number of alkyl halides is 2. The Morgan fingerprint density at radius 2 is 1.66 bits per heavy atom. The maximum absolute atomic E-state index is 14.1. The van der Waals surface area contributed by atoms with Gasteiger partial charge >= 0.3 is 0 Å². The van der Waals surface area contributed by atoms with Crippen molar-refractivity contribution in [3.8, 4) is 0 Å². The third-order valence-electron chi connectivity index (χ3n) is 8.77. The van der Waals surface area contributed by atoms with E-state index >= 15 is 0 Å². The largest absolute Gasteiger partial charge is 0.390 e. The molecule has 0 bridgehead atoms. The Morgan fingerprint density at radius 3 is 2.23 bits per heavy atom. The maximum Gasteiger partial charge on any atom is 0.266 e. The van der Waals surface area contributed by atoms with Crippen LogP contribution in [0.5, 0.6) is 0 Å². The van der Waals surface area contributed by atoms with E-state index in [0.717, 1.165) is 28.7 Å². The lowest BCUT2D eigenvalue weighted by Gasteiger charge is -2.36. The standard InChI is InChI=1S/C31H35F3N4O5S/c1-19-16-22(28(39)37-11-7-30(3,41)8-12-37)17-20(2)23(19)6-15-44(42,43)38-13-9-31(10-14-38)29(40)35-27(36-31)21-4-5-24(26(33)34)25(32)18-21/h4-6,15-18,26,41H,7-14H2,1-3H3,(H,35,36,40)/b15-6+. The summed E-state index contributed by atoms with van der Waals surface area (Å²) in [6.07, 6.45) is -0.281. The van der Waals surface area contributed by atoms with Crippen molar-refractivity contribution >= 4 is 33.7 Å². The number of nitrogens with one attached hydrogen (secondary N) is 1. The van der Waals surface area contributed by atoms with E-state index in [1.165, 1.54) is 16.4 Å². The zero-order valence-electron chi connectivity index (χ0n) is 24.7. The smallest absolute Gasteiger partial charge is 0.266 e. The maximum atomic E-state index is 14.1. The van der Waals surface area contributed by atoms with Gasteiger partial charge in [0, 0.05) is 42.7 Å². The summed E-state index contributed by atoms with van der Waals surface area (Å²) in [5, 5.41) is 13.9. The number of aliphatic imine (C=N–C) groups is 1. The average molecular weight is 633 g/mol. The van der Waals surface area contributed by atoms with Gasteiger partial charge in [-0.2, -0.15) is 4.31 Å². The van der Waals surface area contributed by atoms with E-state index in [1.54, 1.807) is 24.0 Å². The summed E-state index contributed by atoms with van der Waals surface area (Å²) in [5.74, 6) is -1.62. The predicted molar refractivity (Wildman–Crippen MR) is 159 cm³/mol. The monoisotopic (exact) mass is 632 g/mol. The highest BCUT2D eigenvalue weighted by molar-refractivity contribution is 7.92. The van der Waals surface area contributed by atoms with Gasteiger partial charge in [0.25, 0.3) is 18.2 Å². The highest BCUT2D eigenvalue weighted by atomic mass is 32.2. The van der Waals surface area contributed by atoms with Crippen molar-refractivity contribution in [1.29, 1.82) is 0 Å². The highest BCUT2D eigenvalue weighted by Crippen LogP contribution is 2.33. The fourth-order valence-electron chi connectivity index (χ4n) is 5.93. The Kier molecular flexibility index (Phi) is 8.51. The van der Waals surface area contributed by atoms with Crippen molar-refractivity contribution in [2.24, 2.45) is 4.99 Å². The molecule has 236 valence electrons. The van der Waals surface area contributed by atoms with Gasteiger partial charge in [0.15, 0.2) is 0 Å². The van der Waals surface area contributed by atoms with Crippen LogP contribution < -0.4 is 5.32 Å². The van der Waals surface area contributed by atoms with Crippen molar-refractivity contribution in [1.82, 2.24) is 14.5 Å².